The van der Waals surface area contributed by atoms with Crippen molar-refractivity contribution in [3.8, 4) is 5.75 Å². The minimum absolute atomic E-state index is 0.0648. The van der Waals surface area contributed by atoms with Gasteiger partial charge in [-0.25, -0.2) is 4.79 Å². The van der Waals surface area contributed by atoms with Gasteiger partial charge in [-0.05, 0) is 35.9 Å². The molecule has 5 heteroatoms. The Labute approximate surface area is 115 Å². The maximum absolute atomic E-state index is 11.8. The normalized spacial score (nSPS) is 10.2. The van der Waals surface area contributed by atoms with Crippen LogP contribution in [-0.2, 0) is 11.3 Å². The number of anilines is 1. The molecule has 0 aliphatic rings. The van der Waals surface area contributed by atoms with Crippen LogP contribution in [0.5, 0.6) is 5.75 Å². The number of hydrogen-bond acceptors (Lipinski definition) is 4. The minimum Gasteiger partial charge on any atom is -0.508 e. The Bertz CT molecular complexity index is 613. The van der Waals surface area contributed by atoms with Crippen LogP contribution in [0.25, 0.3) is 0 Å². The molecule has 0 atom stereocenters. The number of phenolic OH excluding ortho intramolecular Hbond substituents is 1. The molecule has 0 unspecified atom stereocenters. The summed E-state index contributed by atoms with van der Waals surface area (Å²) in [6.07, 6.45) is 0. The van der Waals surface area contributed by atoms with Crippen molar-refractivity contribution in [1.29, 1.82) is 0 Å². The number of esters is 1. The number of rotatable bonds is 3. The quantitative estimate of drug-likeness (QED) is 0.668. The summed E-state index contributed by atoms with van der Waals surface area (Å²) in [5.41, 5.74) is 6.93. The van der Waals surface area contributed by atoms with E-state index < -0.39 is 5.97 Å². The van der Waals surface area contributed by atoms with E-state index in [2.05, 4.69) is 0 Å². The fourth-order valence-electron chi connectivity index (χ4n) is 1.59. The molecule has 3 N–H and O–H groups in total. The zero-order chi connectivity index (χ0) is 13.8. The first-order valence-electron chi connectivity index (χ1n) is 5.56. The lowest BCUT2D eigenvalue weighted by atomic mass is 10.2. The molecule has 0 saturated carbocycles. The molecule has 0 heterocycles. The van der Waals surface area contributed by atoms with E-state index in [9.17, 15) is 9.90 Å². The largest absolute Gasteiger partial charge is 0.508 e. The van der Waals surface area contributed by atoms with Crippen LogP contribution in [0.1, 0.15) is 15.9 Å². The lowest BCUT2D eigenvalue weighted by molar-refractivity contribution is 0.0473. The summed E-state index contributed by atoms with van der Waals surface area (Å²) in [4.78, 5) is 11.8. The summed E-state index contributed by atoms with van der Waals surface area (Å²) in [6, 6.07) is 11.1. The highest BCUT2D eigenvalue weighted by Crippen LogP contribution is 2.19. The van der Waals surface area contributed by atoms with Crippen molar-refractivity contribution >= 4 is 23.3 Å². The van der Waals surface area contributed by atoms with Gasteiger partial charge in [0.25, 0.3) is 0 Å². The number of carbonyl (C=O) groups is 1. The molecule has 98 valence electrons. The summed E-state index contributed by atoms with van der Waals surface area (Å²) >= 11 is 5.75. The molecule has 0 bridgehead atoms. The smallest absolute Gasteiger partial charge is 0.340 e. The zero-order valence-electron chi connectivity index (χ0n) is 9.97. The molecular weight excluding hydrogens is 266 g/mol. The van der Waals surface area contributed by atoms with E-state index in [1.54, 1.807) is 24.3 Å². The second-order valence-electron chi connectivity index (χ2n) is 3.98. The zero-order valence-corrected chi connectivity index (χ0v) is 10.7. The summed E-state index contributed by atoms with van der Waals surface area (Å²) in [5, 5.41) is 9.76. The summed E-state index contributed by atoms with van der Waals surface area (Å²) in [7, 11) is 0. The highest BCUT2D eigenvalue weighted by molar-refractivity contribution is 6.31. The van der Waals surface area contributed by atoms with Gasteiger partial charge in [-0.1, -0.05) is 23.7 Å². The molecule has 0 radical (unpaired) electrons. The van der Waals surface area contributed by atoms with Crippen molar-refractivity contribution in [2.75, 3.05) is 5.73 Å². The van der Waals surface area contributed by atoms with Crippen LogP contribution in [0.2, 0.25) is 5.02 Å². The Morgan fingerprint density at radius 1 is 1.26 bits per heavy atom. The third-order valence-electron chi connectivity index (χ3n) is 2.51. The van der Waals surface area contributed by atoms with Crippen molar-refractivity contribution < 1.29 is 14.6 Å². The molecule has 4 nitrogen and oxygen atoms in total. The topological polar surface area (TPSA) is 72.6 Å². The van der Waals surface area contributed by atoms with Crippen molar-refractivity contribution in [1.82, 2.24) is 0 Å². The van der Waals surface area contributed by atoms with Gasteiger partial charge in [-0.3, -0.25) is 0 Å². The monoisotopic (exact) mass is 277 g/mol. The van der Waals surface area contributed by atoms with E-state index in [0.717, 1.165) is 0 Å². The van der Waals surface area contributed by atoms with Crippen LogP contribution in [0.15, 0.2) is 42.5 Å². The number of halogens is 1. The molecular formula is C14H12ClNO3. The Balaban J connectivity index is 2.05. The van der Waals surface area contributed by atoms with Crippen LogP contribution < -0.4 is 5.73 Å². The van der Waals surface area contributed by atoms with E-state index in [-0.39, 0.29) is 23.6 Å². The van der Waals surface area contributed by atoms with Crippen molar-refractivity contribution in [2.45, 2.75) is 6.61 Å². The third-order valence-corrected chi connectivity index (χ3v) is 2.75. The van der Waals surface area contributed by atoms with Crippen LogP contribution in [-0.4, -0.2) is 11.1 Å². The van der Waals surface area contributed by atoms with E-state index in [0.29, 0.717) is 10.6 Å². The first-order valence-corrected chi connectivity index (χ1v) is 5.94. The van der Waals surface area contributed by atoms with Gasteiger partial charge >= 0.3 is 5.97 Å². The fraction of sp³-hybridized carbons (Fsp3) is 0.0714. The van der Waals surface area contributed by atoms with E-state index >= 15 is 0 Å². The van der Waals surface area contributed by atoms with Gasteiger partial charge in [-0.2, -0.15) is 0 Å². The molecule has 2 aromatic rings. The first kappa shape index (κ1) is 13.2. The van der Waals surface area contributed by atoms with Crippen LogP contribution in [0, 0.1) is 0 Å². The molecule has 0 saturated heterocycles. The van der Waals surface area contributed by atoms with E-state index in [4.69, 9.17) is 22.1 Å². The highest BCUT2D eigenvalue weighted by Gasteiger charge is 2.11. The molecule has 2 aromatic carbocycles. The molecule has 2 rings (SSSR count). The van der Waals surface area contributed by atoms with Crippen molar-refractivity contribution in [3.05, 3.63) is 58.6 Å². The molecule has 0 amide bonds. The SMILES string of the molecule is Nc1cc(Cl)ccc1C(=O)OCc1cccc(O)c1. The third kappa shape index (κ3) is 3.39. The second kappa shape index (κ2) is 5.63. The van der Waals surface area contributed by atoms with Gasteiger partial charge in [0.05, 0.1) is 5.56 Å². The highest BCUT2D eigenvalue weighted by atomic mass is 35.5. The number of nitrogen functional groups attached to an aromatic ring is 1. The summed E-state index contributed by atoms with van der Waals surface area (Å²) < 4.78 is 5.12. The molecule has 0 aliphatic carbocycles. The van der Waals surface area contributed by atoms with Crippen LogP contribution in [0.4, 0.5) is 5.69 Å². The average Bonchev–Trinajstić information content (AvgIpc) is 2.36. The number of phenols is 1. The van der Waals surface area contributed by atoms with E-state index in [1.807, 2.05) is 0 Å². The van der Waals surface area contributed by atoms with Gasteiger partial charge in [-0.15, -0.1) is 0 Å². The van der Waals surface area contributed by atoms with Crippen LogP contribution in [0.3, 0.4) is 0 Å². The number of carbonyl (C=O) groups excluding carboxylic acids is 1. The number of aromatic hydroxyl groups is 1. The Morgan fingerprint density at radius 2 is 2.05 bits per heavy atom. The van der Waals surface area contributed by atoms with Crippen molar-refractivity contribution in [3.63, 3.8) is 0 Å². The summed E-state index contributed by atoms with van der Waals surface area (Å²) in [6.45, 7) is 0.0648. The Hall–Kier alpha value is -2.20. The molecule has 0 fully saturated rings. The van der Waals surface area contributed by atoms with E-state index in [1.165, 1.54) is 18.2 Å². The second-order valence-corrected chi connectivity index (χ2v) is 4.41. The standard InChI is InChI=1S/C14H12ClNO3/c15-10-4-5-12(13(16)7-10)14(18)19-8-9-2-1-3-11(17)6-9/h1-7,17H,8,16H2. The fourth-order valence-corrected chi connectivity index (χ4v) is 1.77. The molecule has 19 heavy (non-hydrogen) atoms. The van der Waals surface area contributed by atoms with Gasteiger partial charge < -0.3 is 15.6 Å². The van der Waals surface area contributed by atoms with Crippen molar-refractivity contribution in [2.24, 2.45) is 0 Å². The lowest BCUT2D eigenvalue weighted by Crippen LogP contribution is -2.08. The molecule has 0 aliphatic heterocycles. The van der Waals surface area contributed by atoms with Crippen LogP contribution >= 0.6 is 11.6 Å². The molecule has 0 spiro atoms. The minimum atomic E-state index is -0.530. The van der Waals surface area contributed by atoms with Gasteiger partial charge in [0.2, 0.25) is 0 Å². The number of hydrogen-bond donors (Lipinski definition) is 2. The van der Waals surface area contributed by atoms with Gasteiger partial charge in [0.1, 0.15) is 12.4 Å². The predicted molar refractivity (Wildman–Crippen MR) is 73.1 cm³/mol. The number of benzene rings is 2. The maximum atomic E-state index is 11.8. The number of nitrogens with two attached hydrogens (primary N) is 1. The first-order chi connectivity index (χ1) is 9.06. The predicted octanol–water partition coefficient (Wildman–Crippen LogP) is 2.98. The lowest BCUT2D eigenvalue weighted by Gasteiger charge is -2.07. The summed E-state index contributed by atoms with van der Waals surface area (Å²) in [5.74, 6) is -0.405. The maximum Gasteiger partial charge on any atom is 0.340 e. The average molecular weight is 278 g/mol. The Morgan fingerprint density at radius 3 is 2.74 bits per heavy atom. The Kier molecular flexibility index (Phi) is 3.92. The van der Waals surface area contributed by atoms with Gasteiger partial charge in [0.15, 0.2) is 0 Å². The molecule has 0 aromatic heterocycles. The van der Waals surface area contributed by atoms with Gasteiger partial charge in [0, 0.05) is 10.7 Å². The number of ether oxygens (including phenoxy) is 1.